The molecule has 0 heterocycles. The van der Waals surface area contributed by atoms with Gasteiger partial charge in [0.25, 0.3) is 0 Å². The second-order valence-electron chi connectivity index (χ2n) is 1.23. The van der Waals surface area contributed by atoms with E-state index in [4.69, 9.17) is 0 Å². The molecule has 0 aromatic rings. The van der Waals surface area contributed by atoms with Gasteiger partial charge in [-0.25, -0.2) is 4.79 Å². The molecular weight excluding hydrogens is 247 g/mol. The van der Waals surface area contributed by atoms with Gasteiger partial charge in [-0.1, -0.05) is 0 Å². The van der Waals surface area contributed by atoms with Crippen molar-refractivity contribution in [2.24, 2.45) is 8.44 Å². The number of nitrogens with zero attached hydrogens (tertiary/aromatic N) is 2. The average Bonchev–Trinajstić information content (AvgIpc) is 1.89. The van der Waals surface area contributed by atoms with Crippen molar-refractivity contribution in [2.75, 3.05) is 13.7 Å². The molecule has 0 N–H and O–H groups in total. The monoisotopic (exact) mass is 256 g/mol. The molecule has 0 spiro atoms. The summed E-state index contributed by atoms with van der Waals surface area (Å²) in [5, 5.41) is 3.50. The van der Waals surface area contributed by atoms with Crippen LogP contribution >= 0.6 is 21.0 Å². The van der Waals surface area contributed by atoms with Crippen LogP contribution in [0.3, 0.4) is 0 Å². The summed E-state index contributed by atoms with van der Waals surface area (Å²) in [6.45, 7) is 2.19. The fraction of sp³-hybridized carbons (Fsp3) is 0.600. The summed E-state index contributed by atoms with van der Waals surface area (Å²) in [6, 6.07) is 0. The number of hydrogen-bond acceptors (Lipinski definition) is 4. The summed E-state index contributed by atoms with van der Waals surface area (Å²) < 4.78 is 9.75. The Balaban J connectivity index is 3.56. The van der Waals surface area contributed by atoms with Gasteiger partial charge in [0.05, 0.1) is 31.6 Å². The van der Waals surface area contributed by atoms with E-state index in [0.29, 0.717) is 6.61 Å². The van der Waals surface area contributed by atoms with Gasteiger partial charge in [-0.3, -0.25) is 0 Å². The molecule has 4 nitrogen and oxygen atoms in total. The molecule has 5 heteroatoms. The highest BCUT2D eigenvalue weighted by Gasteiger charge is 1.90. The largest absolute Gasteiger partial charge is 0.462 e. The lowest BCUT2D eigenvalue weighted by Gasteiger charge is -1.91. The highest BCUT2D eigenvalue weighted by Crippen LogP contribution is 1.96. The summed E-state index contributed by atoms with van der Waals surface area (Å²) >= 11 is -0.569. The molecule has 0 aliphatic rings. The maximum Gasteiger partial charge on any atom is 0.338 e. The van der Waals surface area contributed by atoms with Crippen molar-refractivity contribution in [3.05, 3.63) is 0 Å². The maximum absolute atomic E-state index is 10.6. The fourth-order valence-corrected chi connectivity index (χ4v) is 1.06. The minimum Gasteiger partial charge on any atom is -0.462 e. The number of ether oxygens (including phenoxy) is 1. The standard InChI is InChI=1S/C5H9IN2O2/c1-3-10-5(9)4-6-8-7-2/h4H,3H2,1-2H3. The number of esters is 1. The first-order valence-electron chi connectivity index (χ1n) is 2.73. The Morgan fingerprint density at radius 2 is 2.50 bits per heavy atom. The van der Waals surface area contributed by atoms with Crippen molar-refractivity contribution in [3.63, 3.8) is 0 Å². The van der Waals surface area contributed by atoms with Gasteiger partial charge in [-0.2, -0.15) is 5.11 Å². The van der Waals surface area contributed by atoms with E-state index in [9.17, 15) is 4.79 Å². The third kappa shape index (κ3) is 5.80. The number of rotatable bonds is 3. The minimum absolute atomic E-state index is 0.289. The Labute approximate surface area is 69.8 Å². The second kappa shape index (κ2) is 6.79. The minimum atomic E-state index is -0.569. The van der Waals surface area contributed by atoms with Crippen molar-refractivity contribution in [1.82, 2.24) is 0 Å². The van der Waals surface area contributed by atoms with Crippen molar-refractivity contribution in [3.8, 4) is 0 Å². The second-order valence-corrected chi connectivity index (χ2v) is 2.85. The fourth-order valence-electron chi connectivity index (χ4n) is 0.279. The number of halogens is 1. The Hall–Kier alpha value is -0.330. The molecule has 0 aliphatic carbocycles. The summed E-state index contributed by atoms with van der Waals surface area (Å²) in [4.78, 5) is 10.6. The average molecular weight is 256 g/mol. The summed E-state index contributed by atoms with van der Waals surface area (Å²) in [5.41, 5.74) is 0. The van der Waals surface area contributed by atoms with E-state index in [1.807, 2.05) is 0 Å². The predicted octanol–water partition coefficient (Wildman–Crippen LogP) is 1.32. The van der Waals surface area contributed by atoms with E-state index in [2.05, 4.69) is 13.2 Å². The lowest BCUT2D eigenvalue weighted by Crippen LogP contribution is -2.02. The maximum atomic E-state index is 10.6. The van der Waals surface area contributed by atoms with E-state index < -0.39 is 21.0 Å². The zero-order valence-corrected chi connectivity index (χ0v) is 8.03. The van der Waals surface area contributed by atoms with Gasteiger partial charge in [0.15, 0.2) is 0 Å². The molecule has 0 saturated carbocycles. The van der Waals surface area contributed by atoms with Crippen LogP contribution < -0.4 is 0 Å². The zero-order valence-electron chi connectivity index (χ0n) is 5.87. The van der Waals surface area contributed by atoms with Crippen molar-refractivity contribution in [2.45, 2.75) is 6.92 Å². The molecule has 0 unspecified atom stereocenters. The van der Waals surface area contributed by atoms with Crippen LogP contribution in [0, 0.1) is 0 Å². The van der Waals surface area contributed by atoms with Gasteiger partial charge in [-0.05, 0) is 6.92 Å². The van der Waals surface area contributed by atoms with Crippen LogP contribution in [0.1, 0.15) is 6.92 Å². The third-order valence-corrected chi connectivity index (χ3v) is 2.01. The zero-order chi connectivity index (χ0) is 7.82. The topological polar surface area (TPSA) is 51.0 Å². The van der Waals surface area contributed by atoms with Gasteiger partial charge >= 0.3 is 5.97 Å². The Morgan fingerprint density at radius 3 is 3.00 bits per heavy atom. The van der Waals surface area contributed by atoms with Crippen LogP contribution in [0.25, 0.3) is 0 Å². The first-order valence-corrected chi connectivity index (χ1v) is 4.94. The molecule has 58 valence electrons. The SMILES string of the molecule is CCOC(=O)C=IN=NC. The molecule has 0 amide bonds. The summed E-state index contributed by atoms with van der Waals surface area (Å²) in [6.07, 6.45) is 0. The van der Waals surface area contributed by atoms with Gasteiger partial charge in [0.1, 0.15) is 0 Å². The van der Waals surface area contributed by atoms with Crippen LogP contribution in [0.5, 0.6) is 0 Å². The molecule has 0 rings (SSSR count). The van der Waals surface area contributed by atoms with Crippen LogP contribution in [-0.4, -0.2) is 23.6 Å². The van der Waals surface area contributed by atoms with Crippen molar-refractivity contribution < 1.29 is 9.53 Å². The lowest BCUT2D eigenvalue weighted by atomic mass is 10.8. The molecule has 0 aromatic heterocycles. The number of carbonyl (C=O) groups excluding carboxylic acids is 1. The Bertz CT molecular complexity index is 156. The predicted molar refractivity (Wildman–Crippen MR) is 47.5 cm³/mol. The van der Waals surface area contributed by atoms with Gasteiger partial charge in [0, 0.05) is 7.05 Å². The summed E-state index contributed by atoms with van der Waals surface area (Å²) in [5.74, 6) is -0.289. The van der Waals surface area contributed by atoms with Crippen LogP contribution in [0.4, 0.5) is 0 Å². The van der Waals surface area contributed by atoms with E-state index in [1.165, 1.54) is 4.01 Å². The van der Waals surface area contributed by atoms with Gasteiger partial charge < -0.3 is 4.74 Å². The molecule has 0 bridgehead atoms. The molecule has 0 atom stereocenters. The quantitative estimate of drug-likeness (QED) is 0.434. The third-order valence-electron chi connectivity index (χ3n) is 0.544. The van der Waals surface area contributed by atoms with E-state index in [1.54, 1.807) is 14.0 Å². The van der Waals surface area contributed by atoms with E-state index >= 15 is 0 Å². The molecule has 0 aromatic carbocycles. The van der Waals surface area contributed by atoms with Crippen molar-refractivity contribution >= 4 is 31.0 Å². The Morgan fingerprint density at radius 1 is 1.80 bits per heavy atom. The molecule has 0 saturated heterocycles. The smallest absolute Gasteiger partial charge is 0.338 e. The molecular formula is C5H9IN2O2. The van der Waals surface area contributed by atoms with E-state index in [0.717, 1.165) is 0 Å². The molecule has 0 radical (unpaired) electrons. The van der Waals surface area contributed by atoms with Crippen LogP contribution in [0.2, 0.25) is 0 Å². The van der Waals surface area contributed by atoms with Gasteiger partial charge in [-0.15, -0.1) is 3.33 Å². The van der Waals surface area contributed by atoms with Crippen LogP contribution in [0.15, 0.2) is 8.44 Å². The first kappa shape index (κ1) is 9.67. The molecule has 10 heavy (non-hydrogen) atoms. The van der Waals surface area contributed by atoms with Crippen molar-refractivity contribution in [1.29, 1.82) is 0 Å². The summed E-state index contributed by atoms with van der Waals surface area (Å²) in [7, 11) is 1.58. The first-order chi connectivity index (χ1) is 4.81. The van der Waals surface area contributed by atoms with Crippen LogP contribution in [-0.2, 0) is 9.53 Å². The number of hydrogen-bond donors (Lipinski definition) is 0. The highest BCUT2D eigenvalue weighted by molar-refractivity contribution is 14.2. The van der Waals surface area contributed by atoms with E-state index in [-0.39, 0.29) is 5.97 Å². The molecule has 0 aliphatic heterocycles. The van der Waals surface area contributed by atoms with Gasteiger partial charge in [0.2, 0.25) is 0 Å². The Kier molecular flexibility index (Phi) is 6.56. The normalized spacial score (nSPS) is 11.8. The molecule has 0 fully saturated rings. The lowest BCUT2D eigenvalue weighted by molar-refractivity contribution is -0.134. The highest BCUT2D eigenvalue weighted by atomic mass is 127. The number of carbonyl (C=O) groups is 1.